The summed E-state index contributed by atoms with van der Waals surface area (Å²) in [5.74, 6) is -1.39. The molecule has 0 fully saturated rings. The van der Waals surface area contributed by atoms with E-state index in [-0.39, 0.29) is 5.56 Å². The van der Waals surface area contributed by atoms with Crippen molar-refractivity contribution in [3.8, 4) is 0 Å². The van der Waals surface area contributed by atoms with Crippen LogP contribution in [0.15, 0.2) is 35.9 Å². The summed E-state index contributed by atoms with van der Waals surface area (Å²) in [6, 6.07) is 7.58. The maximum atomic E-state index is 11.1. The highest BCUT2D eigenvalue weighted by Crippen LogP contribution is 2.23. The van der Waals surface area contributed by atoms with Crippen molar-refractivity contribution in [1.29, 1.82) is 0 Å². The van der Waals surface area contributed by atoms with E-state index < -0.39 is 26.6 Å². The highest BCUT2D eigenvalue weighted by Gasteiger charge is 2.22. The van der Waals surface area contributed by atoms with Crippen molar-refractivity contribution in [1.82, 2.24) is 0 Å². The molecule has 0 saturated carbocycles. The number of carbonyl (C=O) groups is 1. The molecule has 1 aromatic rings. The maximum absolute atomic E-state index is 11.1. The maximum Gasteiger partial charge on any atom is 0.332 e. The molecule has 16 heavy (non-hydrogen) atoms. The average Bonchev–Trinajstić information content (AvgIpc) is 2.17. The van der Waals surface area contributed by atoms with E-state index in [1.165, 1.54) is 12.1 Å². The van der Waals surface area contributed by atoms with E-state index in [0.29, 0.717) is 0 Å². The first-order valence-corrected chi connectivity index (χ1v) is 5.75. The lowest BCUT2D eigenvalue weighted by Crippen LogP contribution is -2.08. The molecule has 0 heterocycles. The van der Waals surface area contributed by atoms with E-state index in [2.05, 4.69) is 0 Å². The predicted octanol–water partition coefficient (Wildman–Crippen LogP) is 1.39. The molecule has 0 amide bonds. The minimum Gasteiger partial charge on any atom is -0.478 e. The monoisotopic (exact) mass is 242 g/mol. The van der Waals surface area contributed by atoms with Crippen molar-refractivity contribution in [3.05, 3.63) is 41.5 Å². The molecule has 2 N–H and O–H groups in total. The summed E-state index contributed by atoms with van der Waals surface area (Å²) in [6.07, 6.45) is 0. The zero-order valence-corrected chi connectivity index (χ0v) is 9.23. The molecule has 0 bridgehead atoms. The summed E-state index contributed by atoms with van der Waals surface area (Å²) < 4.78 is 31.2. The Kier molecular flexibility index (Phi) is 3.46. The number of rotatable bonds is 3. The first kappa shape index (κ1) is 12.4. The standard InChI is InChI=1S/C10H10O5S/c1-7(10(11)12)9(16(13,14)15)8-5-3-2-4-6-8/h2-6H,1H3,(H,11,12)(H,13,14,15)/b9-7+. The highest BCUT2D eigenvalue weighted by molar-refractivity contribution is 7.95. The van der Waals surface area contributed by atoms with Crippen molar-refractivity contribution in [2.45, 2.75) is 6.92 Å². The summed E-state index contributed by atoms with van der Waals surface area (Å²) >= 11 is 0. The summed E-state index contributed by atoms with van der Waals surface area (Å²) in [5.41, 5.74) is -0.279. The fourth-order valence-corrected chi connectivity index (χ4v) is 2.15. The summed E-state index contributed by atoms with van der Waals surface area (Å²) in [5, 5.41) is 8.74. The molecule has 0 aromatic heterocycles. The number of benzene rings is 1. The van der Waals surface area contributed by atoms with Crippen LogP contribution in [0.1, 0.15) is 12.5 Å². The second-order valence-electron chi connectivity index (χ2n) is 3.10. The summed E-state index contributed by atoms with van der Waals surface area (Å²) in [4.78, 5) is 10.1. The van der Waals surface area contributed by atoms with Crippen molar-refractivity contribution >= 4 is 21.0 Å². The third-order valence-electron chi connectivity index (χ3n) is 1.96. The number of hydrogen-bond acceptors (Lipinski definition) is 3. The van der Waals surface area contributed by atoms with E-state index in [9.17, 15) is 13.2 Å². The smallest absolute Gasteiger partial charge is 0.332 e. The van der Waals surface area contributed by atoms with Gasteiger partial charge >= 0.3 is 5.97 Å². The fraction of sp³-hybridized carbons (Fsp3) is 0.100. The molecule has 0 spiro atoms. The first-order chi connectivity index (χ1) is 7.34. The molecule has 0 radical (unpaired) electrons. The van der Waals surface area contributed by atoms with Crippen LogP contribution < -0.4 is 0 Å². The van der Waals surface area contributed by atoms with Gasteiger partial charge in [0.2, 0.25) is 0 Å². The van der Waals surface area contributed by atoms with Crippen LogP contribution in [0.3, 0.4) is 0 Å². The van der Waals surface area contributed by atoms with E-state index in [4.69, 9.17) is 9.66 Å². The second-order valence-corrected chi connectivity index (χ2v) is 4.46. The van der Waals surface area contributed by atoms with Crippen LogP contribution in [0.2, 0.25) is 0 Å². The summed E-state index contributed by atoms with van der Waals surface area (Å²) in [7, 11) is -4.56. The van der Waals surface area contributed by atoms with Crippen LogP contribution in [0.4, 0.5) is 0 Å². The molecule has 0 aliphatic heterocycles. The SMILES string of the molecule is C/C(C(=O)O)=C(/c1ccccc1)S(=O)(=O)O. The lowest BCUT2D eigenvalue weighted by molar-refractivity contribution is -0.132. The van der Waals surface area contributed by atoms with Crippen molar-refractivity contribution in [2.75, 3.05) is 0 Å². The van der Waals surface area contributed by atoms with Gasteiger partial charge < -0.3 is 5.11 Å². The topological polar surface area (TPSA) is 91.7 Å². The van der Waals surface area contributed by atoms with Gasteiger partial charge in [0.05, 0.1) is 5.57 Å². The Balaban J connectivity index is 3.53. The Morgan fingerprint density at radius 2 is 1.69 bits per heavy atom. The second kappa shape index (κ2) is 4.46. The van der Waals surface area contributed by atoms with E-state index in [1.54, 1.807) is 18.2 Å². The van der Waals surface area contributed by atoms with Crippen LogP contribution >= 0.6 is 0 Å². The average molecular weight is 242 g/mol. The van der Waals surface area contributed by atoms with E-state index in [0.717, 1.165) is 6.92 Å². The van der Waals surface area contributed by atoms with Gasteiger partial charge in [0.1, 0.15) is 4.91 Å². The third kappa shape index (κ3) is 2.68. The van der Waals surface area contributed by atoms with Crippen molar-refractivity contribution in [2.24, 2.45) is 0 Å². The normalized spacial score (nSPS) is 13.1. The highest BCUT2D eigenvalue weighted by atomic mass is 32.2. The molecule has 1 aromatic carbocycles. The number of carboxylic acid groups (broad SMARTS) is 1. The zero-order valence-electron chi connectivity index (χ0n) is 8.41. The molecule has 0 atom stereocenters. The molecular weight excluding hydrogens is 232 g/mol. The zero-order chi connectivity index (χ0) is 12.3. The Morgan fingerprint density at radius 1 is 1.19 bits per heavy atom. The lowest BCUT2D eigenvalue weighted by atomic mass is 10.1. The third-order valence-corrected chi connectivity index (χ3v) is 3.01. The molecule has 6 heteroatoms. The van der Waals surface area contributed by atoms with Gasteiger partial charge in [-0.15, -0.1) is 0 Å². The molecular formula is C10H10O5S. The minimum atomic E-state index is -4.56. The van der Waals surface area contributed by atoms with Crippen molar-refractivity contribution < 1.29 is 22.9 Å². The lowest BCUT2D eigenvalue weighted by Gasteiger charge is -2.06. The van der Waals surface area contributed by atoms with Crippen molar-refractivity contribution in [3.63, 3.8) is 0 Å². The quantitative estimate of drug-likeness (QED) is 0.617. The molecule has 86 valence electrons. The number of aliphatic carboxylic acids is 1. The predicted molar refractivity (Wildman–Crippen MR) is 58.2 cm³/mol. The van der Waals surface area contributed by atoms with Gasteiger partial charge in [-0.25, -0.2) is 4.79 Å². The van der Waals surface area contributed by atoms with Gasteiger partial charge in [-0.2, -0.15) is 8.42 Å². The summed E-state index contributed by atoms with van der Waals surface area (Å²) in [6.45, 7) is 1.12. The number of hydrogen-bond donors (Lipinski definition) is 2. The molecule has 1 rings (SSSR count). The van der Waals surface area contributed by atoms with Crippen LogP contribution in [0, 0.1) is 0 Å². The first-order valence-electron chi connectivity index (χ1n) is 4.31. The van der Waals surface area contributed by atoms with Gasteiger partial charge in [-0.1, -0.05) is 30.3 Å². The van der Waals surface area contributed by atoms with Gasteiger partial charge in [0.25, 0.3) is 10.1 Å². The molecule has 0 unspecified atom stereocenters. The van der Waals surface area contributed by atoms with E-state index >= 15 is 0 Å². The Hall–Kier alpha value is -1.66. The van der Waals surface area contributed by atoms with Crippen LogP contribution in [-0.2, 0) is 14.9 Å². The fourth-order valence-electron chi connectivity index (χ4n) is 1.25. The molecule has 0 saturated heterocycles. The van der Waals surface area contributed by atoms with Crippen LogP contribution in [0.25, 0.3) is 4.91 Å². The van der Waals surface area contributed by atoms with E-state index in [1.807, 2.05) is 0 Å². The minimum absolute atomic E-state index is 0.143. The molecule has 0 aliphatic carbocycles. The molecule has 0 aliphatic rings. The Labute approximate surface area is 92.8 Å². The van der Waals surface area contributed by atoms with Gasteiger partial charge in [-0.05, 0) is 12.5 Å². The molecule has 5 nitrogen and oxygen atoms in total. The Morgan fingerprint density at radius 3 is 2.06 bits per heavy atom. The van der Waals surface area contributed by atoms with Crippen LogP contribution in [-0.4, -0.2) is 24.0 Å². The van der Waals surface area contributed by atoms with Crippen LogP contribution in [0.5, 0.6) is 0 Å². The van der Waals surface area contributed by atoms with Gasteiger partial charge in [0, 0.05) is 0 Å². The largest absolute Gasteiger partial charge is 0.478 e. The Bertz CT molecular complexity index is 528. The number of carboxylic acids is 1. The van der Waals surface area contributed by atoms with Gasteiger partial charge in [0.15, 0.2) is 0 Å². The van der Waals surface area contributed by atoms with Gasteiger partial charge in [-0.3, -0.25) is 4.55 Å².